The van der Waals surface area contributed by atoms with Gasteiger partial charge >= 0.3 is 0 Å². The molecule has 2 heterocycles. The van der Waals surface area contributed by atoms with Crippen LogP contribution >= 0.6 is 23.4 Å². The van der Waals surface area contributed by atoms with E-state index in [1.54, 1.807) is 6.07 Å². The number of hydrogen-bond acceptors (Lipinski definition) is 6. The van der Waals surface area contributed by atoms with Crippen molar-refractivity contribution in [3.05, 3.63) is 53.1 Å². The van der Waals surface area contributed by atoms with Crippen molar-refractivity contribution >= 4 is 46.6 Å². The van der Waals surface area contributed by atoms with E-state index in [4.69, 9.17) is 16.3 Å². The van der Waals surface area contributed by atoms with Gasteiger partial charge in [-0.05, 0) is 55.8 Å². The Balaban J connectivity index is 1.38. The van der Waals surface area contributed by atoms with Crippen molar-refractivity contribution in [2.45, 2.75) is 25.5 Å². The number of amides is 1. The fourth-order valence-corrected chi connectivity index (χ4v) is 4.15. The van der Waals surface area contributed by atoms with Crippen molar-refractivity contribution in [2.75, 3.05) is 29.1 Å². The van der Waals surface area contributed by atoms with Crippen LogP contribution in [0.2, 0.25) is 5.02 Å². The summed E-state index contributed by atoms with van der Waals surface area (Å²) >= 11 is 7.49. The summed E-state index contributed by atoms with van der Waals surface area (Å²) in [5.74, 6) is 1.76. The number of benzene rings is 2. The predicted molar refractivity (Wildman–Crippen MR) is 120 cm³/mol. The van der Waals surface area contributed by atoms with E-state index < -0.39 is 0 Å². The third-order valence-electron chi connectivity index (χ3n) is 4.73. The molecule has 156 valence electrons. The number of thioether (sulfide) groups is 1. The van der Waals surface area contributed by atoms with E-state index >= 15 is 0 Å². The van der Waals surface area contributed by atoms with Gasteiger partial charge in [0.15, 0.2) is 5.16 Å². The predicted octanol–water partition coefficient (Wildman–Crippen LogP) is 4.52. The molecule has 3 aromatic rings. The van der Waals surface area contributed by atoms with Gasteiger partial charge in [0.1, 0.15) is 5.75 Å². The molecule has 30 heavy (non-hydrogen) atoms. The Morgan fingerprint density at radius 2 is 2.00 bits per heavy atom. The third-order valence-corrected chi connectivity index (χ3v) is 6.11. The van der Waals surface area contributed by atoms with Crippen molar-refractivity contribution in [1.29, 1.82) is 0 Å². The van der Waals surface area contributed by atoms with Crippen LogP contribution < -0.4 is 15.0 Å². The van der Waals surface area contributed by atoms with Crippen LogP contribution in [-0.4, -0.2) is 39.6 Å². The zero-order chi connectivity index (χ0) is 21.1. The lowest BCUT2D eigenvalue weighted by Gasteiger charge is -2.15. The van der Waals surface area contributed by atoms with Crippen molar-refractivity contribution in [1.82, 2.24) is 14.8 Å². The Kier molecular flexibility index (Phi) is 6.15. The van der Waals surface area contributed by atoms with Gasteiger partial charge in [-0.1, -0.05) is 29.4 Å². The van der Waals surface area contributed by atoms with Gasteiger partial charge in [-0.25, -0.2) is 0 Å². The van der Waals surface area contributed by atoms with E-state index in [2.05, 4.69) is 20.4 Å². The van der Waals surface area contributed by atoms with Gasteiger partial charge in [0.25, 0.3) is 0 Å². The molecule has 0 unspecified atom stereocenters. The van der Waals surface area contributed by atoms with Crippen LogP contribution in [0.15, 0.2) is 47.6 Å². The summed E-state index contributed by atoms with van der Waals surface area (Å²) in [4.78, 5) is 14.4. The molecule has 0 spiro atoms. The van der Waals surface area contributed by atoms with Gasteiger partial charge in [-0.15, -0.1) is 10.2 Å². The molecule has 0 atom stereocenters. The Labute approximate surface area is 184 Å². The van der Waals surface area contributed by atoms with Gasteiger partial charge in [0.05, 0.1) is 12.4 Å². The second kappa shape index (κ2) is 8.97. The zero-order valence-electron chi connectivity index (χ0n) is 16.8. The lowest BCUT2D eigenvalue weighted by molar-refractivity contribution is -0.113. The highest BCUT2D eigenvalue weighted by Gasteiger charge is 2.26. The second-order valence-corrected chi connectivity index (χ2v) is 8.16. The molecule has 2 aromatic carbocycles. The Hall–Kier alpha value is -2.71. The number of anilines is 3. The van der Waals surface area contributed by atoms with Crippen LogP contribution in [0, 0.1) is 6.92 Å². The smallest absolute Gasteiger partial charge is 0.234 e. The lowest BCUT2D eigenvalue weighted by atomic mass is 10.2. The summed E-state index contributed by atoms with van der Waals surface area (Å²) in [7, 11) is 0. The summed E-state index contributed by atoms with van der Waals surface area (Å²) in [6.45, 7) is 6.11. The van der Waals surface area contributed by atoms with Gasteiger partial charge in [-0.2, -0.15) is 0 Å². The highest BCUT2D eigenvalue weighted by Crippen LogP contribution is 2.33. The molecule has 9 heteroatoms. The molecule has 1 aromatic heterocycles. The minimum atomic E-state index is -0.112. The van der Waals surface area contributed by atoms with Gasteiger partial charge in [0, 0.05) is 29.5 Å². The molecular formula is C21H22ClN5O2S. The van der Waals surface area contributed by atoms with Crippen LogP contribution in [-0.2, 0) is 11.3 Å². The Morgan fingerprint density at radius 1 is 1.20 bits per heavy atom. The summed E-state index contributed by atoms with van der Waals surface area (Å²) in [6, 6.07) is 13.4. The molecule has 0 bridgehead atoms. The molecule has 1 aliphatic rings. The van der Waals surface area contributed by atoms with Crippen LogP contribution in [0.5, 0.6) is 5.75 Å². The summed E-state index contributed by atoms with van der Waals surface area (Å²) in [5.41, 5.74) is 2.69. The number of fused-ring (bicyclic) bond motifs is 1. The third kappa shape index (κ3) is 4.39. The molecule has 0 radical (unpaired) electrons. The zero-order valence-corrected chi connectivity index (χ0v) is 18.3. The molecule has 1 amide bonds. The summed E-state index contributed by atoms with van der Waals surface area (Å²) in [6.07, 6.45) is 0. The van der Waals surface area contributed by atoms with Crippen LogP contribution in [0.25, 0.3) is 0 Å². The number of carbonyl (C=O) groups excluding carboxylic acids is 1. The first-order valence-corrected chi connectivity index (χ1v) is 11.0. The number of nitrogens with zero attached hydrogens (tertiary/aromatic N) is 4. The fraction of sp³-hybridized carbons (Fsp3) is 0.286. The molecule has 0 saturated carbocycles. The Bertz CT molecular complexity index is 1050. The average molecular weight is 444 g/mol. The van der Waals surface area contributed by atoms with E-state index in [0.29, 0.717) is 17.3 Å². The van der Waals surface area contributed by atoms with Crippen LogP contribution in [0.4, 0.5) is 17.3 Å². The first-order chi connectivity index (χ1) is 14.5. The summed E-state index contributed by atoms with van der Waals surface area (Å²) in [5, 5.41) is 12.8. The largest absolute Gasteiger partial charge is 0.494 e. The molecule has 4 rings (SSSR count). The number of ether oxygens (including phenoxy) is 1. The van der Waals surface area contributed by atoms with E-state index in [1.807, 2.05) is 54.8 Å². The molecular weight excluding hydrogens is 422 g/mol. The highest BCUT2D eigenvalue weighted by atomic mass is 35.5. The Morgan fingerprint density at radius 3 is 2.73 bits per heavy atom. The first-order valence-electron chi connectivity index (χ1n) is 9.67. The number of nitrogens with one attached hydrogen (secondary N) is 1. The lowest BCUT2D eigenvalue weighted by Crippen LogP contribution is -2.15. The number of rotatable bonds is 7. The molecule has 1 aliphatic heterocycles. The summed E-state index contributed by atoms with van der Waals surface area (Å²) < 4.78 is 7.54. The van der Waals surface area contributed by atoms with Crippen LogP contribution in [0.3, 0.4) is 0 Å². The molecule has 0 fully saturated rings. The quantitative estimate of drug-likeness (QED) is 0.541. The van der Waals surface area contributed by atoms with E-state index in [9.17, 15) is 4.79 Å². The van der Waals surface area contributed by atoms with Crippen molar-refractivity contribution < 1.29 is 9.53 Å². The number of carbonyl (C=O) groups is 1. The van der Waals surface area contributed by atoms with E-state index in [0.717, 1.165) is 41.2 Å². The van der Waals surface area contributed by atoms with Gasteiger partial charge < -0.3 is 15.0 Å². The van der Waals surface area contributed by atoms with Gasteiger partial charge in [0.2, 0.25) is 11.9 Å². The first kappa shape index (κ1) is 20.6. The van der Waals surface area contributed by atoms with Crippen molar-refractivity contribution in [2.24, 2.45) is 0 Å². The number of aromatic nitrogens is 3. The van der Waals surface area contributed by atoms with Gasteiger partial charge in [-0.3, -0.25) is 9.36 Å². The van der Waals surface area contributed by atoms with Crippen LogP contribution in [0.1, 0.15) is 12.5 Å². The topological polar surface area (TPSA) is 72.3 Å². The fourth-order valence-electron chi connectivity index (χ4n) is 3.21. The molecule has 7 nitrogen and oxygen atoms in total. The minimum Gasteiger partial charge on any atom is -0.494 e. The maximum atomic E-state index is 12.3. The SMILES string of the molecule is CCOc1ccc(N2CCn3c(SCC(=O)Nc4ccc(C)c(Cl)c4)nnc32)cc1. The maximum Gasteiger partial charge on any atom is 0.234 e. The van der Waals surface area contributed by atoms with Crippen molar-refractivity contribution in [3.63, 3.8) is 0 Å². The minimum absolute atomic E-state index is 0.112. The number of aryl methyl sites for hydroxylation is 1. The monoisotopic (exact) mass is 443 g/mol. The number of hydrogen-bond donors (Lipinski definition) is 1. The van der Waals surface area contributed by atoms with E-state index in [-0.39, 0.29) is 11.7 Å². The van der Waals surface area contributed by atoms with E-state index in [1.165, 1.54) is 11.8 Å². The average Bonchev–Trinajstić information content (AvgIpc) is 3.33. The molecule has 1 N–H and O–H groups in total. The number of halogens is 1. The second-order valence-electron chi connectivity index (χ2n) is 6.81. The normalized spacial score (nSPS) is 12.7. The highest BCUT2D eigenvalue weighted by molar-refractivity contribution is 7.99. The molecule has 0 saturated heterocycles. The standard InChI is InChI=1S/C21H22ClN5O2S/c1-3-29-17-8-6-16(7-9-17)26-10-11-27-20(26)24-25-21(27)30-13-19(28)23-15-5-4-14(2)18(22)12-15/h4-9,12H,3,10-11,13H2,1-2H3,(H,23,28). The maximum absolute atomic E-state index is 12.3. The molecule has 0 aliphatic carbocycles. The van der Waals surface area contributed by atoms with Crippen molar-refractivity contribution in [3.8, 4) is 5.75 Å².